The fourth-order valence-electron chi connectivity index (χ4n) is 2.56. The van der Waals surface area contributed by atoms with E-state index in [4.69, 9.17) is 0 Å². The molecule has 1 aliphatic rings. The number of nitrogens with one attached hydrogen (secondary N) is 1. The molecule has 0 aromatic heterocycles. The second-order valence-electron chi connectivity index (χ2n) is 5.73. The van der Waals surface area contributed by atoms with Gasteiger partial charge in [0, 0.05) is 32.7 Å². The Labute approximate surface area is 132 Å². The highest BCUT2D eigenvalue weighted by molar-refractivity contribution is 7.89. The highest BCUT2D eigenvalue weighted by Crippen LogP contribution is 2.21. The minimum atomic E-state index is -3.52. The Morgan fingerprint density at radius 3 is 2.14 bits per heavy atom. The zero-order valence-corrected chi connectivity index (χ0v) is 14.1. The molecule has 0 saturated carbocycles. The van der Waals surface area contributed by atoms with Gasteiger partial charge in [-0.2, -0.15) is 4.31 Å². The third-order valence-electron chi connectivity index (χ3n) is 4.01. The van der Waals surface area contributed by atoms with Crippen LogP contribution in [0.25, 0.3) is 0 Å². The lowest BCUT2D eigenvalue weighted by Crippen LogP contribution is -2.43. The van der Waals surface area contributed by atoms with Gasteiger partial charge in [-0.3, -0.25) is 4.79 Å². The van der Waals surface area contributed by atoms with Gasteiger partial charge >= 0.3 is 0 Å². The molecular formula is C15H23N3O3S. The molecule has 6 nitrogen and oxygen atoms in total. The van der Waals surface area contributed by atoms with Crippen molar-refractivity contribution < 1.29 is 13.2 Å². The maximum Gasteiger partial charge on any atom is 0.253 e. The molecule has 1 saturated heterocycles. The van der Waals surface area contributed by atoms with Crippen LogP contribution in [0.3, 0.4) is 0 Å². The van der Waals surface area contributed by atoms with E-state index in [2.05, 4.69) is 5.32 Å². The molecule has 1 amide bonds. The number of benzene rings is 1. The van der Waals surface area contributed by atoms with Gasteiger partial charge in [0.1, 0.15) is 0 Å². The summed E-state index contributed by atoms with van der Waals surface area (Å²) in [6.07, 6.45) is 1.62. The molecule has 1 aromatic rings. The predicted molar refractivity (Wildman–Crippen MR) is 85.3 cm³/mol. The molecule has 1 aromatic carbocycles. The normalized spacial score (nSPS) is 16.7. The molecule has 1 fully saturated rings. The van der Waals surface area contributed by atoms with Crippen LogP contribution in [0.1, 0.15) is 23.2 Å². The molecule has 0 unspecified atom stereocenters. The number of hydrogen-bond acceptors (Lipinski definition) is 4. The van der Waals surface area contributed by atoms with Crippen molar-refractivity contribution in [3.05, 3.63) is 29.8 Å². The van der Waals surface area contributed by atoms with Gasteiger partial charge < -0.3 is 10.2 Å². The SMILES string of the molecule is CN(C)C(=O)c1ccc(S(=O)(=O)N(C)C2CCNCC2)cc1. The second kappa shape index (κ2) is 6.76. The predicted octanol–water partition coefficient (Wildman–Crippen LogP) is 0.761. The Bertz CT molecular complexity index is 620. The van der Waals surface area contributed by atoms with E-state index in [9.17, 15) is 13.2 Å². The first kappa shape index (κ1) is 16.9. The summed E-state index contributed by atoms with van der Waals surface area (Å²) < 4.78 is 26.8. The number of amides is 1. The maximum absolute atomic E-state index is 12.7. The molecule has 1 heterocycles. The van der Waals surface area contributed by atoms with Gasteiger partial charge in [0.15, 0.2) is 0 Å². The highest BCUT2D eigenvalue weighted by Gasteiger charge is 2.29. The molecular weight excluding hydrogens is 302 g/mol. The molecule has 1 N–H and O–H groups in total. The Morgan fingerprint density at radius 2 is 1.64 bits per heavy atom. The number of sulfonamides is 1. The van der Waals surface area contributed by atoms with Crippen molar-refractivity contribution >= 4 is 15.9 Å². The zero-order valence-electron chi connectivity index (χ0n) is 13.2. The van der Waals surface area contributed by atoms with Crippen molar-refractivity contribution in [1.82, 2.24) is 14.5 Å². The smallest absolute Gasteiger partial charge is 0.253 e. The van der Waals surface area contributed by atoms with E-state index in [0.29, 0.717) is 5.56 Å². The Kier molecular flexibility index (Phi) is 5.20. The van der Waals surface area contributed by atoms with Gasteiger partial charge in [0.2, 0.25) is 10.0 Å². The van der Waals surface area contributed by atoms with Crippen molar-refractivity contribution in [2.24, 2.45) is 0 Å². The largest absolute Gasteiger partial charge is 0.345 e. The fourth-order valence-corrected chi connectivity index (χ4v) is 3.98. The molecule has 0 aliphatic carbocycles. The summed E-state index contributed by atoms with van der Waals surface area (Å²) in [7, 11) is 1.44. The maximum atomic E-state index is 12.7. The standard InChI is InChI=1S/C15H23N3O3S/c1-17(2)15(19)12-4-6-14(7-5-12)22(20,21)18(3)13-8-10-16-11-9-13/h4-7,13,16H,8-11H2,1-3H3. The summed E-state index contributed by atoms with van der Waals surface area (Å²) in [6.45, 7) is 1.67. The van der Waals surface area contributed by atoms with Gasteiger partial charge in [0.25, 0.3) is 5.91 Å². The van der Waals surface area contributed by atoms with Gasteiger partial charge in [-0.25, -0.2) is 8.42 Å². The molecule has 0 radical (unpaired) electrons. The first-order chi connectivity index (χ1) is 10.3. The fraction of sp³-hybridized carbons (Fsp3) is 0.533. The molecule has 7 heteroatoms. The minimum Gasteiger partial charge on any atom is -0.345 e. The molecule has 122 valence electrons. The van der Waals surface area contributed by atoms with E-state index in [0.717, 1.165) is 25.9 Å². The van der Waals surface area contributed by atoms with Crippen LogP contribution in [0.5, 0.6) is 0 Å². The van der Waals surface area contributed by atoms with Crippen LogP contribution < -0.4 is 5.32 Å². The van der Waals surface area contributed by atoms with Crippen LogP contribution in [0, 0.1) is 0 Å². The molecule has 1 aliphatic heterocycles. The van der Waals surface area contributed by atoms with Crippen LogP contribution in [-0.4, -0.2) is 63.8 Å². The number of carbonyl (C=O) groups is 1. The van der Waals surface area contributed by atoms with Crippen LogP contribution in [0.2, 0.25) is 0 Å². The average molecular weight is 325 g/mol. The van der Waals surface area contributed by atoms with Crippen LogP contribution in [0.15, 0.2) is 29.2 Å². The number of hydrogen-bond donors (Lipinski definition) is 1. The van der Waals surface area contributed by atoms with E-state index in [1.54, 1.807) is 33.3 Å². The zero-order chi connectivity index (χ0) is 16.3. The third kappa shape index (κ3) is 3.48. The molecule has 22 heavy (non-hydrogen) atoms. The van der Waals surface area contributed by atoms with E-state index in [1.165, 1.54) is 21.3 Å². The van der Waals surface area contributed by atoms with E-state index in [1.807, 2.05) is 0 Å². The summed E-state index contributed by atoms with van der Waals surface area (Å²) in [5.41, 5.74) is 0.480. The Hall–Kier alpha value is -1.44. The second-order valence-corrected chi connectivity index (χ2v) is 7.72. The first-order valence-corrected chi connectivity index (χ1v) is 8.78. The monoisotopic (exact) mass is 325 g/mol. The number of piperidine rings is 1. The van der Waals surface area contributed by atoms with Gasteiger partial charge in [0.05, 0.1) is 4.90 Å². The lowest BCUT2D eigenvalue weighted by molar-refractivity contribution is 0.0827. The Morgan fingerprint density at radius 1 is 1.09 bits per heavy atom. The van der Waals surface area contributed by atoms with Crippen molar-refractivity contribution in [2.45, 2.75) is 23.8 Å². The van der Waals surface area contributed by atoms with Gasteiger partial charge in [-0.1, -0.05) is 0 Å². The van der Waals surface area contributed by atoms with E-state index < -0.39 is 10.0 Å². The quantitative estimate of drug-likeness (QED) is 0.887. The average Bonchev–Trinajstić information content (AvgIpc) is 2.54. The number of rotatable bonds is 4. The van der Waals surface area contributed by atoms with Crippen LogP contribution >= 0.6 is 0 Å². The Balaban J connectivity index is 2.20. The van der Waals surface area contributed by atoms with Crippen molar-refractivity contribution in [3.8, 4) is 0 Å². The molecule has 0 atom stereocenters. The van der Waals surface area contributed by atoms with E-state index in [-0.39, 0.29) is 16.8 Å². The van der Waals surface area contributed by atoms with Crippen LogP contribution in [-0.2, 0) is 10.0 Å². The summed E-state index contributed by atoms with van der Waals surface area (Å²) in [6, 6.07) is 6.15. The number of nitrogens with zero attached hydrogens (tertiary/aromatic N) is 2. The lowest BCUT2D eigenvalue weighted by atomic mass is 10.1. The molecule has 0 bridgehead atoms. The molecule has 2 rings (SSSR count). The summed E-state index contributed by atoms with van der Waals surface area (Å²) in [5, 5.41) is 3.23. The van der Waals surface area contributed by atoms with Gasteiger partial charge in [-0.15, -0.1) is 0 Å². The van der Waals surface area contributed by atoms with Crippen molar-refractivity contribution in [1.29, 1.82) is 0 Å². The third-order valence-corrected chi connectivity index (χ3v) is 5.93. The van der Waals surface area contributed by atoms with Crippen molar-refractivity contribution in [3.63, 3.8) is 0 Å². The van der Waals surface area contributed by atoms with Crippen LogP contribution in [0.4, 0.5) is 0 Å². The van der Waals surface area contributed by atoms with Gasteiger partial charge in [-0.05, 0) is 50.2 Å². The highest BCUT2D eigenvalue weighted by atomic mass is 32.2. The number of carbonyl (C=O) groups excluding carboxylic acids is 1. The lowest BCUT2D eigenvalue weighted by Gasteiger charge is -2.30. The first-order valence-electron chi connectivity index (χ1n) is 7.34. The van der Waals surface area contributed by atoms with Crippen molar-refractivity contribution in [2.75, 3.05) is 34.2 Å². The minimum absolute atomic E-state index is 0.0225. The molecule has 0 spiro atoms. The topological polar surface area (TPSA) is 69.7 Å². The summed E-state index contributed by atoms with van der Waals surface area (Å²) in [5.74, 6) is -0.143. The summed E-state index contributed by atoms with van der Waals surface area (Å²) >= 11 is 0. The van der Waals surface area contributed by atoms with E-state index >= 15 is 0 Å². The summed E-state index contributed by atoms with van der Waals surface area (Å²) in [4.78, 5) is 13.5.